The molecule has 0 unspecified atom stereocenters. The zero-order valence-corrected chi connectivity index (χ0v) is 17.6. The van der Waals surface area contributed by atoms with Crippen LogP contribution in [0.5, 0.6) is 0 Å². The Morgan fingerprint density at radius 3 is 2.04 bits per heavy atom. The van der Waals surface area contributed by atoms with E-state index in [0.29, 0.717) is 6.42 Å². The number of guanidine groups is 1. The van der Waals surface area contributed by atoms with Gasteiger partial charge in [0, 0.05) is 6.54 Å². The second-order valence-corrected chi connectivity index (χ2v) is 7.94. The molecular weight excluding hydrogens is 425 g/mol. The molecule has 0 aliphatic heterocycles. The van der Waals surface area contributed by atoms with Gasteiger partial charge in [0.2, 0.25) is 5.96 Å². The van der Waals surface area contributed by atoms with E-state index < -0.39 is 23.4 Å². The van der Waals surface area contributed by atoms with Gasteiger partial charge in [-0.3, -0.25) is 10.7 Å². The molecule has 0 saturated carbocycles. The van der Waals surface area contributed by atoms with Crippen molar-refractivity contribution in [1.82, 2.24) is 10.2 Å². The van der Waals surface area contributed by atoms with Crippen LogP contribution in [0.1, 0.15) is 54.9 Å². The summed E-state index contributed by atoms with van der Waals surface area (Å²) in [6, 6.07) is 0. The standard InChI is InChI=1S/C16H28IN3O4/c1-11(10-17)8-9-20(14(22)24-16(5,6)7)12(18)19-13(21)23-15(2,3)4/h10H,8-9H2,1-7H3,(H2,18,19,21)/b11-10+. The number of nitrogens with zero attached hydrogens (tertiary/aromatic N) is 1. The van der Waals surface area contributed by atoms with E-state index in [1.165, 1.54) is 0 Å². The Balaban J connectivity index is 5.05. The Labute approximate surface area is 157 Å². The number of ether oxygens (including phenoxy) is 2. The fourth-order valence-corrected chi connectivity index (χ4v) is 1.73. The quantitative estimate of drug-likeness (QED) is 0.376. The number of nitrogens with one attached hydrogen (secondary N) is 2. The number of hydrogen-bond acceptors (Lipinski definition) is 5. The van der Waals surface area contributed by atoms with E-state index in [1.54, 1.807) is 41.5 Å². The molecule has 24 heavy (non-hydrogen) atoms. The summed E-state index contributed by atoms with van der Waals surface area (Å²) in [5, 5.41) is 10.3. The highest BCUT2D eigenvalue weighted by atomic mass is 127. The molecule has 0 saturated heterocycles. The number of hydrogen-bond donors (Lipinski definition) is 2. The Morgan fingerprint density at radius 1 is 1.12 bits per heavy atom. The number of rotatable bonds is 3. The van der Waals surface area contributed by atoms with Crippen LogP contribution in [0.15, 0.2) is 9.66 Å². The van der Waals surface area contributed by atoms with Crippen LogP contribution in [0.3, 0.4) is 0 Å². The van der Waals surface area contributed by atoms with Crippen LogP contribution >= 0.6 is 22.6 Å². The van der Waals surface area contributed by atoms with Crippen LogP contribution in [0.4, 0.5) is 9.59 Å². The van der Waals surface area contributed by atoms with Crippen molar-refractivity contribution in [2.45, 2.75) is 66.1 Å². The normalized spacial score (nSPS) is 12.4. The first kappa shape index (κ1) is 22.7. The van der Waals surface area contributed by atoms with Crippen LogP contribution < -0.4 is 5.32 Å². The van der Waals surface area contributed by atoms with Gasteiger partial charge in [-0.1, -0.05) is 28.2 Å². The molecule has 0 radical (unpaired) electrons. The van der Waals surface area contributed by atoms with E-state index in [1.807, 2.05) is 11.0 Å². The summed E-state index contributed by atoms with van der Waals surface area (Å²) in [5.41, 5.74) is -0.341. The second-order valence-electron chi connectivity index (χ2n) is 7.31. The SMILES string of the molecule is C/C(=C\I)CCN(C(=N)NC(=O)OC(C)(C)C)C(=O)OC(C)(C)C. The molecule has 0 spiro atoms. The van der Waals surface area contributed by atoms with Gasteiger partial charge in [0.05, 0.1) is 0 Å². The van der Waals surface area contributed by atoms with Crippen molar-refractivity contribution in [3.05, 3.63) is 9.66 Å². The number of alkyl carbamates (subject to hydrolysis) is 1. The molecule has 0 aliphatic rings. The Hall–Kier alpha value is -1.32. The summed E-state index contributed by atoms with van der Waals surface area (Å²) in [6.45, 7) is 12.5. The molecule has 0 fully saturated rings. The van der Waals surface area contributed by atoms with Crippen molar-refractivity contribution in [1.29, 1.82) is 5.41 Å². The molecule has 2 amide bonds. The van der Waals surface area contributed by atoms with Crippen molar-refractivity contribution in [2.75, 3.05) is 6.54 Å². The molecule has 0 heterocycles. The van der Waals surface area contributed by atoms with Crippen LogP contribution in [0, 0.1) is 5.41 Å². The second kappa shape index (κ2) is 9.24. The summed E-state index contributed by atoms with van der Waals surface area (Å²) >= 11 is 2.11. The maximum atomic E-state index is 12.3. The van der Waals surface area contributed by atoms with Gasteiger partial charge in [-0.15, -0.1) is 0 Å². The molecule has 0 aromatic heterocycles. The van der Waals surface area contributed by atoms with Gasteiger partial charge in [0.15, 0.2) is 0 Å². The lowest BCUT2D eigenvalue weighted by atomic mass is 10.2. The molecule has 0 aromatic carbocycles. The van der Waals surface area contributed by atoms with Crippen molar-refractivity contribution in [2.24, 2.45) is 0 Å². The van der Waals surface area contributed by atoms with Crippen molar-refractivity contribution >= 4 is 40.7 Å². The average Bonchev–Trinajstić information content (AvgIpc) is 2.33. The summed E-state index contributed by atoms with van der Waals surface area (Å²) in [5.74, 6) is -0.375. The lowest BCUT2D eigenvalue weighted by Gasteiger charge is -2.28. The van der Waals surface area contributed by atoms with Crippen LogP contribution in [-0.2, 0) is 9.47 Å². The highest BCUT2D eigenvalue weighted by Gasteiger charge is 2.27. The predicted octanol–water partition coefficient (Wildman–Crippen LogP) is 4.41. The first-order valence-electron chi connectivity index (χ1n) is 7.60. The highest BCUT2D eigenvalue weighted by molar-refractivity contribution is 14.1. The van der Waals surface area contributed by atoms with Gasteiger partial charge >= 0.3 is 12.2 Å². The van der Waals surface area contributed by atoms with Crippen molar-refractivity contribution < 1.29 is 19.1 Å². The van der Waals surface area contributed by atoms with Gasteiger partial charge in [-0.25, -0.2) is 14.5 Å². The Morgan fingerprint density at radius 2 is 1.62 bits per heavy atom. The fraction of sp³-hybridized carbons (Fsp3) is 0.688. The van der Waals surface area contributed by atoms with Gasteiger partial charge in [-0.2, -0.15) is 0 Å². The van der Waals surface area contributed by atoms with E-state index in [-0.39, 0.29) is 12.5 Å². The van der Waals surface area contributed by atoms with Crippen LogP contribution in [-0.4, -0.2) is 40.8 Å². The average molecular weight is 453 g/mol. The van der Waals surface area contributed by atoms with Crippen molar-refractivity contribution in [3.8, 4) is 0 Å². The fourth-order valence-electron chi connectivity index (χ4n) is 1.42. The summed E-state index contributed by atoms with van der Waals surface area (Å²) in [6.07, 6.45) is -0.923. The minimum Gasteiger partial charge on any atom is -0.444 e. The van der Waals surface area contributed by atoms with Gasteiger partial charge in [-0.05, 0) is 59.0 Å². The third-order valence-corrected chi connectivity index (χ3v) is 3.48. The summed E-state index contributed by atoms with van der Waals surface area (Å²) < 4.78 is 12.3. The van der Waals surface area contributed by atoms with Gasteiger partial charge in [0.1, 0.15) is 11.2 Å². The first-order valence-corrected chi connectivity index (χ1v) is 8.84. The molecule has 0 aliphatic carbocycles. The zero-order valence-electron chi connectivity index (χ0n) is 15.4. The monoisotopic (exact) mass is 453 g/mol. The van der Waals surface area contributed by atoms with E-state index in [9.17, 15) is 9.59 Å². The molecule has 0 atom stereocenters. The molecule has 138 valence electrons. The summed E-state index contributed by atoms with van der Waals surface area (Å²) in [4.78, 5) is 25.2. The Kier molecular flexibility index (Phi) is 8.73. The molecular formula is C16H28IN3O4. The molecule has 0 rings (SSSR count). The Bertz CT molecular complexity index is 504. The first-order chi connectivity index (χ1) is 10.7. The number of halogens is 1. The number of carbonyl (C=O) groups is 2. The third-order valence-electron chi connectivity index (χ3n) is 2.42. The smallest absolute Gasteiger partial charge is 0.417 e. The van der Waals surface area contributed by atoms with Crippen LogP contribution in [0.25, 0.3) is 0 Å². The molecule has 0 bridgehead atoms. The van der Waals surface area contributed by atoms with Gasteiger partial charge < -0.3 is 9.47 Å². The van der Waals surface area contributed by atoms with Crippen LogP contribution in [0.2, 0.25) is 0 Å². The topological polar surface area (TPSA) is 91.7 Å². The van der Waals surface area contributed by atoms with E-state index in [0.717, 1.165) is 10.5 Å². The molecule has 2 N–H and O–H groups in total. The molecule has 0 aromatic rings. The summed E-state index contributed by atoms with van der Waals surface area (Å²) in [7, 11) is 0. The third kappa shape index (κ3) is 10.5. The van der Waals surface area contributed by atoms with Crippen molar-refractivity contribution in [3.63, 3.8) is 0 Å². The maximum absolute atomic E-state index is 12.3. The molecule has 7 nitrogen and oxygen atoms in total. The minimum atomic E-state index is -0.790. The lowest BCUT2D eigenvalue weighted by molar-refractivity contribution is 0.0359. The highest BCUT2D eigenvalue weighted by Crippen LogP contribution is 2.13. The van der Waals surface area contributed by atoms with E-state index in [4.69, 9.17) is 14.9 Å². The largest absolute Gasteiger partial charge is 0.444 e. The lowest BCUT2D eigenvalue weighted by Crippen LogP contribution is -2.49. The predicted molar refractivity (Wildman–Crippen MR) is 102 cm³/mol. The number of amides is 2. The van der Waals surface area contributed by atoms with Gasteiger partial charge in [0.25, 0.3) is 0 Å². The minimum absolute atomic E-state index is 0.217. The van der Waals surface area contributed by atoms with E-state index in [2.05, 4.69) is 27.9 Å². The number of carbonyl (C=O) groups excluding carboxylic acids is 2. The molecule has 8 heteroatoms. The zero-order chi connectivity index (χ0) is 19.1. The maximum Gasteiger partial charge on any atom is 0.417 e. The van der Waals surface area contributed by atoms with E-state index >= 15 is 0 Å².